The number of carbonyl (C=O) groups excluding carboxylic acids is 1. The Hall–Kier alpha value is -1.12. The quantitative estimate of drug-likeness (QED) is 0.325. The molecule has 0 aromatic carbocycles. The standard InChI is InChI=1S/C19H33NO2/c1-3-4-5-6-7-8-9-10-11-12-13-14-15-16-17-18(20-17)19(21)22-2/h15-16,18H,3-14H2,1-2H3/b16-15-/t18-/m1/s1. The zero-order chi connectivity index (χ0) is 16.0. The van der Waals surface area contributed by atoms with E-state index in [0.717, 1.165) is 12.1 Å². The zero-order valence-corrected chi connectivity index (χ0v) is 14.5. The van der Waals surface area contributed by atoms with Gasteiger partial charge in [0.1, 0.15) is 0 Å². The van der Waals surface area contributed by atoms with E-state index < -0.39 is 0 Å². The Bertz CT molecular complexity index is 360. The summed E-state index contributed by atoms with van der Waals surface area (Å²) in [5.41, 5.74) is 0.870. The molecule has 0 radical (unpaired) electrons. The van der Waals surface area contributed by atoms with E-state index in [1.54, 1.807) is 0 Å². The molecule has 3 nitrogen and oxygen atoms in total. The molecule has 0 saturated carbocycles. The second-order valence-corrected chi connectivity index (χ2v) is 6.21. The van der Waals surface area contributed by atoms with Crippen molar-refractivity contribution < 1.29 is 9.53 Å². The average molecular weight is 307 g/mol. The number of rotatable bonds is 14. The van der Waals surface area contributed by atoms with Crippen molar-refractivity contribution in [3.8, 4) is 0 Å². The van der Waals surface area contributed by atoms with Crippen LogP contribution in [0.5, 0.6) is 0 Å². The first-order valence-corrected chi connectivity index (χ1v) is 9.11. The second-order valence-electron chi connectivity index (χ2n) is 6.21. The van der Waals surface area contributed by atoms with Crippen LogP contribution in [0.25, 0.3) is 0 Å². The number of hydrogen-bond donors (Lipinski definition) is 0. The number of carbonyl (C=O) groups is 1. The minimum Gasteiger partial charge on any atom is -0.467 e. The van der Waals surface area contributed by atoms with Gasteiger partial charge in [0.15, 0.2) is 6.04 Å². The van der Waals surface area contributed by atoms with E-state index in [2.05, 4.69) is 22.7 Å². The SMILES string of the molecule is CCCCCCCCCCCCC/C=C\C1=N[C@H]1C(=O)OC. The molecule has 0 unspecified atom stereocenters. The molecule has 0 aliphatic carbocycles. The molecule has 0 N–H and O–H groups in total. The van der Waals surface area contributed by atoms with E-state index >= 15 is 0 Å². The molecule has 126 valence electrons. The highest BCUT2D eigenvalue weighted by Crippen LogP contribution is 2.15. The summed E-state index contributed by atoms with van der Waals surface area (Å²) in [6, 6.07) is -0.307. The van der Waals surface area contributed by atoms with E-state index in [9.17, 15) is 4.79 Å². The highest BCUT2D eigenvalue weighted by molar-refractivity contribution is 6.21. The first-order valence-electron chi connectivity index (χ1n) is 9.11. The fourth-order valence-corrected chi connectivity index (χ4v) is 2.66. The summed E-state index contributed by atoms with van der Waals surface area (Å²) in [7, 11) is 1.41. The fourth-order valence-electron chi connectivity index (χ4n) is 2.66. The number of hydrogen-bond acceptors (Lipinski definition) is 3. The molecule has 1 rings (SSSR count). The third-order valence-electron chi connectivity index (χ3n) is 4.18. The minimum atomic E-state index is -0.307. The third kappa shape index (κ3) is 9.01. The molecule has 0 aromatic rings. The molecule has 1 atom stereocenters. The Labute approximate surface area is 136 Å². The summed E-state index contributed by atoms with van der Waals surface area (Å²) in [5, 5.41) is 0. The summed E-state index contributed by atoms with van der Waals surface area (Å²) in [4.78, 5) is 15.2. The van der Waals surface area contributed by atoms with Gasteiger partial charge in [-0.05, 0) is 18.9 Å². The molecule has 1 aliphatic rings. The zero-order valence-electron chi connectivity index (χ0n) is 14.5. The van der Waals surface area contributed by atoms with E-state index in [1.807, 2.05) is 6.08 Å². The van der Waals surface area contributed by atoms with Gasteiger partial charge in [-0.2, -0.15) is 0 Å². The maximum Gasteiger partial charge on any atom is 0.336 e. The van der Waals surface area contributed by atoms with Crippen LogP contribution in [0.1, 0.15) is 84.0 Å². The van der Waals surface area contributed by atoms with Crippen molar-refractivity contribution in [1.29, 1.82) is 0 Å². The number of ether oxygens (including phenoxy) is 1. The average Bonchev–Trinajstić information content (AvgIpc) is 3.30. The first-order chi connectivity index (χ1) is 10.8. The Morgan fingerprint density at radius 1 is 1.00 bits per heavy atom. The first kappa shape index (κ1) is 18.9. The van der Waals surface area contributed by atoms with Crippen molar-refractivity contribution in [2.24, 2.45) is 4.99 Å². The van der Waals surface area contributed by atoms with Crippen LogP contribution in [0.2, 0.25) is 0 Å². The smallest absolute Gasteiger partial charge is 0.336 e. The van der Waals surface area contributed by atoms with E-state index in [-0.39, 0.29) is 12.0 Å². The van der Waals surface area contributed by atoms with Gasteiger partial charge < -0.3 is 4.74 Å². The van der Waals surface area contributed by atoms with Gasteiger partial charge in [0.05, 0.1) is 12.8 Å². The van der Waals surface area contributed by atoms with Gasteiger partial charge in [-0.15, -0.1) is 0 Å². The maximum absolute atomic E-state index is 11.1. The number of aliphatic imine (C=N–C) groups is 1. The normalized spacial score (nSPS) is 16.8. The lowest BCUT2D eigenvalue weighted by Crippen LogP contribution is -2.12. The molecular formula is C19H33NO2. The highest BCUT2D eigenvalue weighted by Gasteiger charge is 2.33. The van der Waals surface area contributed by atoms with Crippen molar-refractivity contribution in [2.45, 2.75) is 90.0 Å². The van der Waals surface area contributed by atoms with Gasteiger partial charge in [-0.1, -0.05) is 77.2 Å². The summed E-state index contributed by atoms with van der Waals surface area (Å²) in [6.45, 7) is 2.27. The number of unbranched alkanes of at least 4 members (excludes halogenated alkanes) is 11. The van der Waals surface area contributed by atoms with Gasteiger partial charge >= 0.3 is 5.97 Å². The number of allylic oxidation sites excluding steroid dienone is 1. The largest absolute Gasteiger partial charge is 0.467 e. The molecule has 1 aliphatic heterocycles. The van der Waals surface area contributed by atoms with Crippen molar-refractivity contribution in [3.05, 3.63) is 12.2 Å². The number of nitrogens with zero attached hydrogens (tertiary/aromatic N) is 1. The molecule has 0 saturated heterocycles. The van der Waals surface area contributed by atoms with Crippen LogP contribution in [0.3, 0.4) is 0 Å². The van der Waals surface area contributed by atoms with Gasteiger partial charge in [-0.25, -0.2) is 4.79 Å². The summed E-state index contributed by atoms with van der Waals surface area (Å²) >= 11 is 0. The third-order valence-corrected chi connectivity index (χ3v) is 4.18. The lowest BCUT2D eigenvalue weighted by molar-refractivity contribution is -0.139. The summed E-state index contributed by atoms with van der Waals surface area (Å²) in [6.07, 6.45) is 20.3. The predicted octanol–water partition coefficient (Wildman–Crippen LogP) is 5.24. The highest BCUT2D eigenvalue weighted by atomic mass is 16.5. The number of methoxy groups -OCH3 is 1. The van der Waals surface area contributed by atoms with Gasteiger partial charge in [0.2, 0.25) is 0 Å². The molecule has 0 fully saturated rings. The van der Waals surface area contributed by atoms with E-state index in [0.29, 0.717) is 0 Å². The van der Waals surface area contributed by atoms with Crippen molar-refractivity contribution in [1.82, 2.24) is 0 Å². The van der Waals surface area contributed by atoms with Crippen molar-refractivity contribution >= 4 is 11.7 Å². The van der Waals surface area contributed by atoms with Crippen molar-refractivity contribution in [3.63, 3.8) is 0 Å². The minimum absolute atomic E-state index is 0.241. The molecule has 3 heteroatoms. The Kier molecular flexibility index (Phi) is 10.7. The molecule has 0 aromatic heterocycles. The lowest BCUT2D eigenvalue weighted by Gasteiger charge is -2.01. The summed E-state index contributed by atoms with van der Waals surface area (Å²) in [5.74, 6) is -0.241. The Morgan fingerprint density at radius 2 is 1.55 bits per heavy atom. The van der Waals surface area contributed by atoms with Crippen LogP contribution in [-0.2, 0) is 9.53 Å². The summed E-state index contributed by atoms with van der Waals surface area (Å²) < 4.78 is 4.64. The molecule has 0 spiro atoms. The van der Waals surface area contributed by atoms with Gasteiger partial charge in [0.25, 0.3) is 0 Å². The second kappa shape index (κ2) is 12.4. The Balaban J connectivity index is 1.79. The molecule has 0 amide bonds. The van der Waals surface area contributed by atoms with Crippen LogP contribution in [0.4, 0.5) is 0 Å². The fraction of sp³-hybridized carbons (Fsp3) is 0.789. The molecule has 0 bridgehead atoms. The van der Waals surface area contributed by atoms with Gasteiger partial charge in [0, 0.05) is 0 Å². The van der Waals surface area contributed by atoms with Crippen LogP contribution in [0.15, 0.2) is 17.1 Å². The predicted molar refractivity (Wildman–Crippen MR) is 93.5 cm³/mol. The lowest BCUT2D eigenvalue weighted by atomic mass is 10.1. The van der Waals surface area contributed by atoms with Crippen molar-refractivity contribution in [2.75, 3.05) is 7.11 Å². The van der Waals surface area contributed by atoms with E-state index in [4.69, 9.17) is 0 Å². The molecule has 22 heavy (non-hydrogen) atoms. The number of esters is 1. The van der Waals surface area contributed by atoms with Gasteiger partial charge in [-0.3, -0.25) is 4.99 Å². The molecular weight excluding hydrogens is 274 g/mol. The van der Waals surface area contributed by atoms with Crippen LogP contribution in [-0.4, -0.2) is 24.8 Å². The van der Waals surface area contributed by atoms with E-state index in [1.165, 1.54) is 77.7 Å². The molecule has 1 heterocycles. The van der Waals surface area contributed by atoms with Crippen LogP contribution < -0.4 is 0 Å². The van der Waals surface area contributed by atoms with Crippen LogP contribution in [0, 0.1) is 0 Å². The van der Waals surface area contributed by atoms with Crippen LogP contribution >= 0.6 is 0 Å². The topological polar surface area (TPSA) is 38.7 Å². The maximum atomic E-state index is 11.1. The Morgan fingerprint density at radius 3 is 2.09 bits per heavy atom. The monoisotopic (exact) mass is 307 g/mol.